The van der Waals surface area contributed by atoms with Gasteiger partial charge < -0.3 is 14.7 Å². The van der Waals surface area contributed by atoms with Gasteiger partial charge in [0.25, 0.3) is 0 Å². The van der Waals surface area contributed by atoms with Crippen LogP contribution in [0.3, 0.4) is 0 Å². The second-order valence-corrected chi connectivity index (χ2v) is 7.00. The number of fused-ring (bicyclic) bond motifs is 1. The Morgan fingerprint density at radius 1 is 1.43 bits per heavy atom. The number of ether oxygens (including phenoxy) is 1. The molecule has 0 aliphatic carbocycles. The highest BCUT2D eigenvalue weighted by atomic mass is 16.6. The van der Waals surface area contributed by atoms with Crippen LogP contribution < -0.4 is 0 Å². The molecule has 1 amide bonds. The summed E-state index contributed by atoms with van der Waals surface area (Å²) < 4.78 is 7.20. The topological polar surface area (TPSA) is 80.5 Å². The van der Waals surface area contributed by atoms with Crippen molar-refractivity contribution >= 4 is 17.1 Å². The zero-order valence-corrected chi connectivity index (χ0v) is 13.7. The maximum absolute atomic E-state index is 12.1. The predicted molar refractivity (Wildman–Crippen MR) is 85.1 cm³/mol. The van der Waals surface area contributed by atoms with Gasteiger partial charge in [-0.2, -0.15) is 0 Å². The van der Waals surface area contributed by atoms with Gasteiger partial charge in [-0.1, -0.05) is 11.3 Å². The van der Waals surface area contributed by atoms with E-state index in [0.29, 0.717) is 31.1 Å². The van der Waals surface area contributed by atoms with E-state index < -0.39 is 5.60 Å². The van der Waals surface area contributed by atoms with Crippen LogP contribution in [0.15, 0.2) is 18.2 Å². The third kappa shape index (κ3) is 3.38. The predicted octanol–water partition coefficient (Wildman–Crippen LogP) is 2.39. The average molecular weight is 318 g/mol. The van der Waals surface area contributed by atoms with Crippen LogP contribution in [0.1, 0.15) is 27.2 Å². The highest BCUT2D eigenvalue weighted by molar-refractivity contribution is 5.80. The summed E-state index contributed by atoms with van der Waals surface area (Å²) >= 11 is 0. The van der Waals surface area contributed by atoms with Gasteiger partial charge in [0.2, 0.25) is 0 Å². The molecule has 1 unspecified atom stereocenters. The van der Waals surface area contributed by atoms with Crippen LogP contribution in [-0.2, 0) is 11.3 Å². The van der Waals surface area contributed by atoms with E-state index in [1.807, 2.05) is 26.8 Å². The molecule has 1 aromatic heterocycles. The first kappa shape index (κ1) is 15.6. The molecule has 0 radical (unpaired) electrons. The van der Waals surface area contributed by atoms with Crippen LogP contribution >= 0.6 is 0 Å². The monoisotopic (exact) mass is 318 g/mol. The van der Waals surface area contributed by atoms with Crippen molar-refractivity contribution in [1.82, 2.24) is 19.9 Å². The molecule has 1 N–H and O–H groups in total. The third-order valence-electron chi connectivity index (χ3n) is 3.89. The lowest BCUT2D eigenvalue weighted by molar-refractivity contribution is 0.0287. The maximum atomic E-state index is 12.1. The van der Waals surface area contributed by atoms with Crippen LogP contribution in [0.4, 0.5) is 4.79 Å². The van der Waals surface area contributed by atoms with Crippen molar-refractivity contribution in [3.63, 3.8) is 0 Å². The van der Waals surface area contributed by atoms with Gasteiger partial charge in [0, 0.05) is 19.6 Å². The van der Waals surface area contributed by atoms with Gasteiger partial charge in [-0.05, 0) is 45.2 Å². The molecular weight excluding hydrogens is 296 g/mol. The van der Waals surface area contributed by atoms with Crippen molar-refractivity contribution in [2.75, 3.05) is 13.1 Å². The molecule has 1 aliphatic heterocycles. The number of hydrogen-bond acceptors (Lipinski definition) is 5. The number of phenolic OH excluding ortho intramolecular Hbond substituents is 1. The number of aromatic nitrogens is 3. The van der Waals surface area contributed by atoms with Crippen LogP contribution in [0, 0.1) is 5.92 Å². The molecule has 7 heteroatoms. The Bertz CT molecular complexity index is 720. The number of aromatic hydroxyl groups is 1. The summed E-state index contributed by atoms with van der Waals surface area (Å²) in [5.74, 6) is 0.435. The minimum atomic E-state index is -0.477. The lowest BCUT2D eigenvalue weighted by Crippen LogP contribution is -2.35. The van der Waals surface area contributed by atoms with Crippen molar-refractivity contribution in [2.24, 2.45) is 5.92 Å². The van der Waals surface area contributed by atoms with E-state index in [-0.39, 0.29) is 11.8 Å². The standard InChI is InChI=1S/C16H22N4O3/c1-16(2,3)23-15(22)19-8-7-11(9-19)10-20-12-5-4-6-13(21)14(12)17-18-20/h4-6,11,21H,7-10H2,1-3H3. The van der Waals surface area contributed by atoms with Gasteiger partial charge in [-0.15, -0.1) is 5.10 Å². The van der Waals surface area contributed by atoms with Gasteiger partial charge in [0.1, 0.15) is 11.4 Å². The van der Waals surface area contributed by atoms with E-state index >= 15 is 0 Å². The second kappa shape index (κ2) is 5.72. The zero-order valence-electron chi connectivity index (χ0n) is 13.7. The fourth-order valence-corrected chi connectivity index (χ4v) is 2.83. The van der Waals surface area contributed by atoms with Crippen LogP contribution in [-0.4, -0.2) is 49.8 Å². The number of amides is 1. The molecular formula is C16H22N4O3. The number of phenols is 1. The van der Waals surface area contributed by atoms with Crippen molar-refractivity contribution in [2.45, 2.75) is 39.3 Å². The summed E-state index contributed by atoms with van der Waals surface area (Å²) in [4.78, 5) is 13.8. The molecule has 2 aromatic rings. The van der Waals surface area contributed by atoms with Crippen molar-refractivity contribution < 1.29 is 14.6 Å². The van der Waals surface area contributed by atoms with Crippen molar-refractivity contribution in [1.29, 1.82) is 0 Å². The summed E-state index contributed by atoms with van der Waals surface area (Å²) in [6, 6.07) is 5.26. The second-order valence-electron chi connectivity index (χ2n) is 7.00. The van der Waals surface area contributed by atoms with E-state index in [0.717, 1.165) is 11.9 Å². The van der Waals surface area contributed by atoms with Gasteiger partial charge in [-0.3, -0.25) is 0 Å². The molecule has 0 spiro atoms. The Balaban J connectivity index is 1.66. The van der Waals surface area contributed by atoms with Crippen LogP contribution in [0.25, 0.3) is 11.0 Å². The number of hydrogen-bond donors (Lipinski definition) is 1. The first-order valence-electron chi connectivity index (χ1n) is 7.82. The third-order valence-corrected chi connectivity index (χ3v) is 3.89. The van der Waals surface area contributed by atoms with E-state index in [4.69, 9.17) is 4.74 Å². The van der Waals surface area contributed by atoms with E-state index in [1.54, 1.807) is 21.7 Å². The molecule has 23 heavy (non-hydrogen) atoms. The summed E-state index contributed by atoms with van der Waals surface area (Å²) in [6.07, 6.45) is 0.639. The van der Waals surface area contributed by atoms with Gasteiger partial charge in [-0.25, -0.2) is 9.48 Å². The lowest BCUT2D eigenvalue weighted by atomic mass is 10.1. The summed E-state index contributed by atoms with van der Waals surface area (Å²) in [5.41, 5.74) is 0.838. The number of carbonyl (C=O) groups excluding carboxylic acids is 1. The first-order chi connectivity index (χ1) is 10.8. The molecule has 1 aliphatic rings. The van der Waals surface area contributed by atoms with Gasteiger partial charge >= 0.3 is 6.09 Å². The summed E-state index contributed by atoms with van der Waals surface area (Å²) in [7, 11) is 0. The average Bonchev–Trinajstić information content (AvgIpc) is 3.06. The SMILES string of the molecule is CC(C)(C)OC(=O)N1CCC(Cn2nnc3c(O)cccc32)C1. The molecule has 1 aromatic carbocycles. The summed E-state index contributed by atoms with van der Waals surface area (Å²) in [5, 5.41) is 17.9. The molecule has 124 valence electrons. The number of rotatable bonds is 2. The Kier molecular flexibility index (Phi) is 3.87. The fourth-order valence-electron chi connectivity index (χ4n) is 2.83. The Hall–Kier alpha value is -2.31. The molecule has 1 fully saturated rings. The quantitative estimate of drug-likeness (QED) is 0.919. The highest BCUT2D eigenvalue weighted by Crippen LogP contribution is 2.25. The molecule has 0 bridgehead atoms. The van der Waals surface area contributed by atoms with Crippen molar-refractivity contribution in [3.8, 4) is 5.75 Å². The molecule has 3 rings (SSSR count). The first-order valence-corrected chi connectivity index (χ1v) is 7.82. The molecule has 2 heterocycles. The normalized spacial score (nSPS) is 18.6. The van der Waals surface area contributed by atoms with Crippen LogP contribution in [0.5, 0.6) is 5.75 Å². The number of benzene rings is 1. The minimum absolute atomic E-state index is 0.135. The molecule has 7 nitrogen and oxygen atoms in total. The molecule has 1 atom stereocenters. The zero-order chi connectivity index (χ0) is 16.6. The molecule has 0 saturated carbocycles. The van der Waals surface area contributed by atoms with Gasteiger partial charge in [0.05, 0.1) is 5.52 Å². The fraction of sp³-hybridized carbons (Fsp3) is 0.562. The van der Waals surface area contributed by atoms with Gasteiger partial charge in [0.15, 0.2) is 5.52 Å². The smallest absolute Gasteiger partial charge is 0.410 e. The maximum Gasteiger partial charge on any atom is 0.410 e. The Morgan fingerprint density at radius 2 is 2.22 bits per heavy atom. The van der Waals surface area contributed by atoms with Crippen molar-refractivity contribution in [3.05, 3.63) is 18.2 Å². The van der Waals surface area contributed by atoms with E-state index in [2.05, 4.69) is 10.3 Å². The molecule has 1 saturated heterocycles. The number of nitrogens with zero attached hydrogens (tertiary/aromatic N) is 4. The number of likely N-dealkylation sites (tertiary alicyclic amines) is 1. The van der Waals surface area contributed by atoms with E-state index in [1.165, 1.54) is 0 Å². The minimum Gasteiger partial charge on any atom is -0.506 e. The Labute approximate surface area is 134 Å². The Morgan fingerprint density at radius 3 is 2.96 bits per heavy atom. The highest BCUT2D eigenvalue weighted by Gasteiger charge is 2.30. The number of carbonyl (C=O) groups is 1. The van der Waals surface area contributed by atoms with Crippen LogP contribution in [0.2, 0.25) is 0 Å². The largest absolute Gasteiger partial charge is 0.506 e. The summed E-state index contributed by atoms with van der Waals surface area (Å²) in [6.45, 7) is 7.61. The van der Waals surface area contributed by atoms with E-state index in [9.17, 15) is 9.90 Å². The lowest BCUT2D eigenvalue weighted by Gasteiger charge is -2.24.